The second-order valence-corrected chi connectivity index (χ2v) is 4.97. The highest BCUT2D eigenvalue weighted by atomic mass is 32.1. The molecule has 1 heterocycles. The predicted octanol–water partition coefficient (Wildman–Crippen LogP) is 2.89. The van der Waals surface area contributed by atoms with Crippen molar-refractivity contribution in [3.63, 3.8) is 0 Å². The molecule has 19 heavy (non-hydrogen) atoms. The molecule has 5 heteroatoms. The summed E-state index contributed by atoms with van der Waals surface area (Å²) in [6, 6.07) is 5.14. The van der Waals surface area contributed by atoms with E-state index in [1.165, 1.54) is 25.6 Å². The van der Waals surface area contributed by atoms with E-state index in [4.69, 9.17) is 15.2 Å². The monoisotopic (exact) mass is 277 g/mol. The first kappa shape index (κ1) is 13.4. The SMILES string of the molecule is COc1cc(N)c(C(=O)c2sccc2C)cc1OC. The van der Waals surface area contributed by atoms with Crippen LogP contribution in [0.5, 0.6) is 11.5 Å². The summed E-state index contributed by atoms with van der Waals surface area (Å²) in [7, 11) is 3.06. The highest BCUT2D eigenvalue weighted by molar-refractivity contribution is 7.12. The molecule has 0 aliphatic heterocycles. The lowest BCUT2D eigenvalue weighted by Crippen LogP contribution is -2.06. The van der Waals surface area contributed by atoms with Crippen LogP contribution in [0.15, 0.2) is 23.6 Å². The number of methoxy groups -OCH3 is 2. The number of benzene rings is 1. The lowest BCUT2D eigenvalue weighted by Gasteiger charge is -2.11. The Morgan fingerprint density at radius 1 is 1.21 bits per heavy atom. The summed E-state index contributed by atoms with van der Waals surface area (Å²) in [6.45, 7) is 1.90. The van der Waals surface area contributed by atoms with Crippen LogP contribution in [0.3, 0.4) is 0 Å². The standard InChI is InChI=1S/C14H15NO3S/c1-8-4-5-19-14(8)13(16)9-6-11(17-2)12(18-3)7-10(9)15/h4-7H,15H2,1-3H3. The smallest absolute Gasteiger partial charge is 0.205 e. The van der Waals surface area contributed by atoms with Crippen molar-refractivity contribution in [1.82, 2.24) is 0 Å². The molecule has 0 spiro atoms. The van der Waals surface area contributed by atoms with Crippen molar-refractivity contribution < 1.29 is 14.3 Å². The number of hydrogen-bond donors (Lipinski definition) is 1. The maximum absolute atomic E-state index is 12.5. The van der Waals surface area contributed by atoms with E-state index in [-0.39, 0.29) is 5.78 Å². The summed E-state index contributed by atoms with van der Waals surface area (Å²) in [6.07, 6.45) is 0. The van der Waals surface area contributed by atoms with Crippen LogP contribution >= 0.6 is 11.3 Å². The van der Waals surface area contributed by atoms with E-state index in [0.29, 0.717) is 27.6 Å². The third-order valence-electron chi connectivity index (χ3n) is 2.87. The van der Waals surface area contributed by atoms with Gasteiger partial charge in [0.2, 0.25) is 5.78 Å². The van der Waals surface area contributed by atoms with Gasteiger partial charge in [0.1, 0.15) is 0 Å². The minimum Gasteiger partial charge on any atom is -0.493 e. The molecule has 0 saturated carbocycles. The largest absolute Gasteiger partial charge is 0.493 e. The second-order valence-electron chi connectivity index (χ2n) is 4.06. The Morgan fingerprint density at radius 3 is 2.37 bits per heavy atom. The fourth-order valence-corrected chi connectivity index (χ4v) is 2.70. The quantitative estimate of drug-likeness (QED) is 0.689. The number of nitrogens with two attached hydrogens (primary N) is 1. The van der Waals surface area contributed by atoms with Gasteiger partial charge in [-0.05, 0) is 30.0 Å². The lowest BCUT2D eigenvalue weighted by atomic mass is 10.0. The second kappa shape index (κ2) is 5.32. The maximum Gasteiger partial charge on any atom is 0.205 e. The van der Waals surface area contributed by atoms with Crippen molar-refractivity contribution in [2.75, 3.05) is 20.0 Å². The van der Waals surface area contributed by atoms with Gasteiger partial charge >= 0.3 is 0 Å². The van der Waals surface area contributed by atoms with E-state index in [9.17, 15) is 4.79 Å². The summed E-state index contributed by atoms with van der Waals surface area (Å²) < 4.78 is 10.4. The number of rotatable bonds is 4. The van der Waals surface area contributed by atoms with Crippen molar-refractivity contribution in [3.8, 4) is 11.5 Å². The van der Waals surface area contributed by atoms with Gasteiger partial charge in [-0.1, -0.05) is 0 Å². The van der Waals surface area contributed by atoms with Crippen LogP contribution in [-0.4, -0.2) is 20.0 Å². The summed E-state index contributed by atoms with van der Waals surface area (Å²) >= 11 is 1.41. The number of carbonyl (C=O) groups excluding carboxylic acids is 1. The number of anilines is 1. The Kier molecular flexibility index (Phi) is 3.76. The van der Waals surface area contributed by atoms with E-state index in [2.05, 4.69) is 0 Å². The van der Waals surface area contributed by atoms with Gasteiger partial charge in [0.25, 0.3) is 0 Å². The van der Waals surface area contributed by atoms with Crippen LogP contribution in [0.4, 0.5) is 5.69 Å². The van der Waals surface area contributed by atoms with Gasteiger partial charge in [-0.15, -0.1) is 11.3 Å². The van der Waals surface area contributed by atoms with Crippen molar-refractivity contribution >= 4 is 22.8 Å². The first-order valence-corrected chi connectivity index (χ1v) is 6.56. The van der Waals surface area contributed by atoms with Gasteiger partial charge in [0.15, 0.2) is 11.5 Å². The molecule has 2 aromatic rings. The van der Waals surface area contributed by atoms with Crippen LogP contribution < -0.4 is 15.2 Å². The number of ketones is 1. The number of aryl methyl sites for hydroxylation is 1. The fraction of sp³-hybridized carbons (Fsp3) is 0.214. The molecule has 1 aromatic heterocycles. The molecule has 0 aliphatic rings. The summed E-state index contributed by atoms with van der Waals surface area (Å²) in [5, 5.41) is 1.89. The molecule has 4 nitrogen and oxygen atoms in total. The molecule has 2 N–H and O–H groups in total. The molecular formula is C14H15NO3S. The zero-order valence-corrected chi connectivity index (χ0v) is 11.8. The Bertz CT molecular complexity index is 619. The number of hydrogen-bond acceptors (Lipinski definition) is 5. The van der Waals surface area contributed by atoms with Gasteiger partial charge in [-0.2, -0.15) is 0 Å². The molecule has 0 amide bonds. The zero-order chi connectivity index (χ0) is 14.0. The van der Waals surface area contributed by atoms with Gasteiger partial charge in [0.05, 0.1) is 24.7 Å². The average molecular weight is 277 g/mol. The van der Waals surface area contributed by atoms with Gasteiger partial charge < -0.3 is 15.2 Å². The van der Waals surface area contributed by atoms with Crippen LogP contribution in [0, 0.1) is 6.92 Å². The van der Waals surface area contributed by atoms with E-state index in [1.807, 2.05) is 18.4 Å². The van der Waals surface area contributed by atoms with Gasteiger partial charge in [0, 0.05) is 11.8 Å². The van der Waals surface area contributed by atoms with Crippen LogP contribution in [0.2, 0.25) is 0 Å². The first-order chi connectivity index (χ1) is 9.08. The molecule has 0 aliphatic carbocycles. The van der Waals surface area contributed by atoms with E-state index < -0.39 is 0 Å². The number of carbonyl (C=O) groups is 1. The first-order valence-electron chi connectivity index (χ1n) is 5.68. The summed E-state index contributed by atoms with van der Waals surface area (Å²) in [4.78, 5) is 13.1. The molecule has 0 atom stereocenters. The summed E-state index contributed by atoms with van der Waals surface area (Å²) in [5.74, 6) is 0.916. The van der Waals surface area contributed by atoms with Crippen LogP contribution in [0.1, 0.15) is 20.8 Å². The molecule has 0 fully saturated rings. The Hall–Kier alpha value is -2.01. The number of thiophene rings is 1. The van der Waals surface area contributed by atoms with E-state index in [1.54, 1.807) is 12.1 Å². The van der Waals surface area contributed by atoms with Crippen molar-refractivity contribution in [1.29, 1.82) is 0 Å². The molecule has 0 unspecified atom stereocenters. The minimum absolute atomic E-state index is 0.0917. The third kappa shape index (κ3) is 2.42. The highest BCUT2D eigenvalue weighted by Crippen LogP contribution is 2.33. The number of nitrogen functional groups attached to an aromatic ring is 1. The number of ether oxygens (including phenoxy) is 2. The molecule has 100 valence electrons. The average Bonchev–Trinajstić information content (AvgIpc) is 2.83. The Labute approximate surface area is 115 Å². The van der Waals surface area contributed by atoms with Crippen molar-refractivity contribution in [3.05, 3.63) is 39.6 Å². The Balaban J connectivity index is 2.51. The minimum atomic E-state index is -0.0917. The molecule has 1 aromatic carbocycles. The van der Waals surface area contributed by atoms with Gasteiger partial charge in [-0.3, -0.25) is 4.79 Å². The van der Waals surface area contributed by atoms with Crippen LogP contribution in [0.25, 0.3) is 0 Å². The lowest BCUT2D eigenvalue weighted by molar-refractivity contribution is 0.104. The molecule has 0 radical (unpaired) electrons. The van der Waals surface area contributed by atoms with Crippen LogP contribution in [-0.2, 0) is 0 Å². The molecule has 0 saturated heterocycles. The maximum atomic E-state index is 12.5. The highest BCUT2D eigenvalue weighted by Gasteiger charge is 2.19. The summed E-state index contributed by atoms with van der Waals surface area (Å²) in [5.41, 5.74) is 7.69. The van der Waals surface area contributed by atoms with Gasteiger partial charge in [-0.25, -0.2) is 0 Å². The van der Waals surface area contributed by atoms with E-state index in [0.717, 1.165) is 5.56 Å². The Morgan fingerprint density at radius 2 is 1.84 bits per heavy atom. The predicted molar refractivity (Wildman–Crippen MR) is 76.4 cm³/mol. The molecule has 2 rings (SSSR count). The zero-order valence-electron chi connectivity index (χ0n) is 11.0. The van der Waals surface area contributed by atoms with Crippen molar-refractivity contribution in [2.45, 2.75) is 6.92 Å². The molecular weight excluding hydrogens is 262 g/mol. The fourth-order valence-electron chi connectivity index (χ4n) is 1.82. The van der Waals surface area contributed by atoms with E-state index >= 15 is 0 Å². The topological polar surface area (TPSA) is 61.5 Å². The third-order valence-corrected chi connectivity index (χ3v) is 3.88. The van der Waals surface area contributed by atoms with Crippen molar-refractivity contribution in [2.24, 2.45) is 0 Å². The normalized spacial score (nSPS) is 10.3. The molecule has 0 bridgehead atoms.